The number of likely N-dealkylation sites (tertiary alicyclic amines) is 1. The van der Waals surface area contributed by atoms with Crippen molar-refractivity contribution in [1.82, 2.24) is 15.2 Å². The topological polar surface area (TPSA) is 80.8 Å². The van der Waals surface area contributed by atoms with Crippen LogP contribution in [0.3, 0.4) is 0 Å². The first-order chi connectivity index (χ1) is 13.5. The van der Waals surface area contributed by atoms with Gasteiger partial charge in [0.25, 0.3) is 0 Å². The molecule has 0 unspecified atom stereocenters. The van der Waals surface area contributed by atoms with Crippen LogP contribution >= 0.6 is 11.3 Å². The summed E-state index contributed by atoms with van der Waals surface area (Å²) in [7, 11) is 3.16. The van der Waals surface area contributed by atoms with Gasteiger partial charge >= 0.3 is 0 Å². The molecule has 1 saturated heterocycles. The molecule has 0 bridgehead atoms. The lowest BCUT2D eigenvalue weighted by Gasteiger charge is -2.18. The van der Waals surface area contributed by atoms with Crippen LogP contribution in [0.1, 0.15) is 22.7 Å². The lowest BCUT2D eigenvalue weighted by molar-refractivity contribution is -0.129. The highest BCUT2D eigenvalue weighted by Gasteiger charge is 2.34. The second-order valence-electron chi connectivity index (χ2n) is 6.79. The van der Waals surface area contributed by atoms with Crippen molar-refractivity contribution in [1.29, 1.82) is 0 Å². The fourth-order valence-electron chi connectivity index (χ4n) is 3.25. The third-order valence-electron chi connectivity index (χ3n) is 4.71. The van der Waals surface area contributed by atoms with Crippen LogP contribution in [-0.2, 0) is 22.6 Å². The number of aryl methyl sites for hydroxylation is 1. The van der Waals surface area contributed by atoms with Crippen LogP contribution in [0.25, 0.3) is 0 Å². The van der Waals surface area contributed by atoms with E-state index in [0.29, 0.717) is 37.6 Å². The summed E-state index contributed by atoms with van der Waals surface area (Å²) < 4.78 is 10.6. The molecule has 1 aliphatic heterocycles. The largest absolute Gasteiger partial charge is 0.493 e. The van der Waals surface area contributed by atoms with Crippen molar-refractivity contribution in [2.75, 3.05) is 27.3 Å². The Morgan fingerprint density at radius 1 is 1.32 bits per heavy atom. The van der Waals surface area contributed by atoms with Crippen LogP contribution in [-0.4, -0.2) is 49.0 Å². The Labute approximate surface area is 168 Å². The van der Waals surface area contributed by atoms with Crippen LogP contribution in [0.2, 0.25) is 0 Å². The van der Waals surface area contributed by atoms with E-state index < -0.39 is 0 Å². The average molecular weight is 404 g/mol. The molecule has 1 aromatic carbocycles. The molecule has 1 N–H and O–H groups in total. The van der Waals surface area contributed by atoms with Crippen LogP contribution in [0.15, 0.2) is 23.6 Å². The Hall–Kier alpha value is -2.61. The molecule has 1 aliphatic rings. The molecule has 0 saturated carbocycles. The maximum atomic E-state index is 12.4. The number of thiazole rings is 1. The highest BCUT2D eigenvalue weighted by Crippen LogP contribution is 2.29. The van der Waals surface area contributed by atoms with Gasteiger partial charge in [-0.2, -0.15) is 0 Å². The molecule has 2 amide bonds. The summed E-state index contributed by atoms with van der Waals surface area (Å²) >= 11 is 1.60. The number of carbonyl (C=O) groups excluding carboxylic acids is 2. The summed E-state index contributed by atoms with van der Waals surface area (Å²) in [6.07, 6.45) is 0.954. The second-order valence-corrected chi connectivity index (χ2v) is 7.73. The summed E-state index contributed by atoms with van der Waals surface area (Å²) in [5.74, 6) is 0.873. The summed E-state index contributed by atoms with van der Waals surface area (Å²) in [6, 6.07) is 5.58. The predicted molar refractivity (Wildman–Crippen MR) is 107 cm³/mol. The summed E-state index contributed by atoms with van der Waals surface area (Å²) in [6.45, 7) is 3.36. The van der Waals surface area contributed by atoms with Crippen molar-refractivity contribution in [3.8, 4) is 11.5 Å². The van der Waals surface area contributed by atoms with Crippen LogP contribution < -0.4 is 14.8 Å². The van der Waals surface area contributed by atoms with Gasteiger partial charge in [0.15, 0.2) is 11.5 Å². The maximum absolute atomic E-state index is 12.4. The van der Waals surface area contributed by atoms with Crippen molar-refractivity contribution in [2.24, 2.45) is 5.92 Å². The third kappa shape index (κ3) is 4.81. The minimum absolute atomic E-state index is 0.00881. The lowest BCUT2D eigenvalue weighted by atomic mass is 10.1. The van der Waals surface area contributed by atoms with Crippen molar-refractivity contribution in [3.05, 3.63) is 39.8 Å². The van der Waals surface area contributed by atoms with Crippen molar-refractivity contribution in [2.45, 2.75) is 26.3 Å². The monoisotopic (exact) mass is 403 g/mol. The minimum atomic E-state index is -0.314. The number of hydrogen-bond donors (Lipinski definition) is 1. The molecule has 28 heavy (non-hydrogen) atoms. The zero-order chi connectivity index (χ0) is 20.1. The molecule has 3 rings (SSSR count). The molecule has 150 valence electrons. The Morgan fingerprint density at radius 3 is 2.79 bits per heavy atom. The lowest BCUT2D eigenvalue weighted by Crippen LogP contribution is -2.34. The molecule has 2 heterocycles. The van der Waals surface area contributed by atoms with E-state index in [0.717, 1.165) is 16.3 Å². The fourth-order valence-corrected chi connectivity index (χ4v) is 4.03. The van der Waals surface area contributed by atoms with E-state index in [9.17, 15) is 9.59 Å². The first kappa shape index (κ1) is 20.1. The molecule has 0 radical (unpaired) electrons. The van der Waals surface area contributed by atoms with Gasteiger partial charge in [-0.05, 0) is 24.6 Å². The predicted octanol–water partition coefficient (Wildman–Crippen LogP) is 2.18. The zero-order valence-corrected chi connectivity index (χ0v) is 17.2. The number of benzene rings is 1. The first-order valence-electron chi connectivity index (χ1n) is 9.17. The van der Waals surface area contributed by atoms with E-state index >= 15 is 0 Å². The van der Waals surface area contributed by atoms with E-state index in [-0.39, 0.29) is 24.2 Å². The Kier molecular flexibility index (Phi) is 6.51. The van der Waals surface area contributed by atoms with Crippen molar-refractivity contribution in [3.63, 3.8) is 0 Å². The number of amides is 2. The molecule has 2 aromatic rings. The Morgan fingerprint density at radius 2 is 2.11 bits per heavy atom. The van der Waals surface area contributed by atoms with E-state index in [4.69, 9.17) is 9.47 Å². The molecule has 0 spiro atoms. The quantitative estimate of drug-likeness (QED) is 0.731. The molecule has 1 atom stereocenters. The number of methoxy groups -OCH3 is 2. The van der Waals surface area contributed by atoms with Crippen molar-refractivity contribution < 1.29 is 19.1 Å². The van der Waals surface area contributed by atoms with Gasteiger partial charge in [-0.3, -0.25) is 9.59 Å². The standard InChI is InChI=1S/C20H25N3O4S/c1-13-12-28-18(22-13)6-7-21-20(25)15-9-19(24)23(11-15)10-14-4-5-16(26-2)17(8-14)27-3/h4-5,8,12,15H,6-7,9-11H2,1-3H3,(H,21,25)/t15-/m0/s1. The average Bonchev–Trinajstić information content (AvgIpc) is 3.27. The Balaban J connectivity index is 1.52. The highest BCUT2D eigenvalue weighted by atomic mass is 32.1. The minimum Gasteiger partial charge on any atom is -0.493 e. The zero-order valence-electron chi connectivity index (χ0n) is 16.4. The van der Waals surface area contributed by atoms with Crippen LogP contribution in [0.4, 0.5) is 0 Å². The van der Waals surface area contributed by atoms with E-state index in [2.05, 4.69) is 10.3 Å². The highest BCUT2D eigenvalue weighted by molar-refractivity contribution is 7.09. The van der Waals surface area contributed by atoms with Gasteiger partial charge in [0.1, 0.15) is 0 Å². The van der Waals surface area contributed by atoms with Gasteiger partial charge < -0.3 is 19.7 Å². The molecule has 0 aliphatic carbocycles. The van der Waals surface area contributed by atoms with E-state index in [1.165, 1.54) is 0 Å². The number of carbonyl (C=O) groups is 2. The van der Waals surface area contributed by atoms with Gasteiger partial charge in [-0.15, -0.1) is 11.3 Å². The van der Waals surface area contributed by atoms with Gasteiger partial charge in [0, 0.05) is 43.5 Å². The molecular weight excluding hydrogens is 378 g/mol. The number of nitrogens with one attached hydrogen (secondary N) is 1. The number of hydrogen-bond acceptors (Lipinski definition) is 6. The molecule has 1 aromatic heterocycles. The van der Waals surface area contributed by atoms with Crippen molar-refractivity contribution >= 4 is 23.2 Å². The summed E-state index contributed by atoms with van der Waals surface area (Å²) in [4.78, 5) is 30.9. The number of ether oxygens (including phenoxy) is 2. The number of rotatable bonds is 8. The van der Waals surface area contributed by atoms with Gasteiger partial charge in [-0.1, -0.05) is 6.07 Å². The second kappa shape index (κ2) is 9.05. The number of aromatic nitrogens is 1. The summed E-state index contributed by atoms with van der Waals surface area (Å²) in [5.41, 5.74) is 1.93. The van der Waals surface area contributed by atoms with Crippen LogP contribution in [0.5, 0.6) is 11.5 Å². The maximum Gasteiger partial charge on any atom is 0.225 e. The molecule has 7 nitrogen and oxygen atoms in total. The fraction of sp³-hybridized carbons (Fsp3) is 0.450. The Bertz CT molecular complexity index is 852. The summed E-state index contributed by atoms with van der Waals surface area (Å²) in [5, 5.41) is 5.94. The third-order valence-corrected chi connectivity index (χ3v) is 5.74. The van der Waals surface area contributed by atoms with Crippen LogP contribution in [0, 0.1) is 12.8 Å². The molecule has 1 fully saturated rings. The normalized spacial score (nSPS) is 16.3. The molecule has 8 heteroatoms. The number of nitrogens with zero attached hydrogens (tertiary/aromatic N) is 2. The van der Waals surface area contributed by atoms with Gasteiger partial charge in [-0.25, -0.2) is 4.98 Å². The SMILES string of the molecule is COc1ccc(CN2C[C@@H](C(=O)NCCc3nc(C)cs3)CC2=O)cc1OC. The van der Waals surface area contributed by atoms with Gasteiger partial charge in [0.2, 0.25) is 11.8 Å². The smallest absolute Gasteiger partial charge is 0.225 e. The first-order valence-corrected chi connectivity index (χ1v) is 10.1. The van der Waals surface area contributed by atoms with E-state index in [1.807, 2.05) is 30.5 Å². The van der Waals surface area contributed by atoms with E-state index in [1.54, 1.807) is 30.5 Å². The molecular formula is C20H25N3O4S. The van der Waals surface area contributed by atoms with Gasteiger partial charge in [0.05, 0.1) is 25.1 Å².